The van der Waals surface area contributed by atoms with Crippen molar-refractivity contribution in [2.75, 3.05) is 0 Å². The fourth-order valence-electron chi connectivity index (χ4n) is 2.58. The van der Waals surface area contributed by atoms with Crippen molar-refractivity contribution in [2.24, 2.45) is 0 Å². The largest absolute Gasteiger partial charge is 0.482 e. The Balaban J connectivity index is 1.38. The molecule has 2 N–H and O–H groups in total. The molecule has 0 atom stereocenters. The minimum atomic E-state index is -0.441. The molecule has 0 aliphatic rings. The van der Waals surface area contributed by atoms with Crippen LogP contribution >= 0.6 is 0 Å². The van der Waals surface area contributed by atoms with Crippen LogP contribution < -0.4 is 15.6 Å². The number of carbonyl (C=O) groups excluding carboxylic acids is 1. The molecule has 0 bridgehead atoms. The van der Waals surface area contributed by atoms with E-state index in [9.17, 15) is 9.59 Å². The highest BCUT2D eigenvalue weighted by molar-refractivity contribution is 5.91. The molecule has 9 heteroatoms. The number of hydrogen-bond acceptors (Lipinski definition) is 7. The number of para-hydroxylation sites is 1. The molecule has 9 nitrogen and oxygen atoms in total. The second kappa shape index (κ2) is 7.70. The number of aromatic amines is 1. The number of aromatic nitrogens is 4. The Hall–Kier alpha value is -4.01. The molecule has 0 radical (unpaired) electrons. The Morgan fingerprint density at radius 1 is 1.21 bits per heavy atom. The van der Waals surface area contributed by atoms with Crippen molar-refractivity contribution in [1.82, 2.24) is 25.3 Å². The summed E-state index contributed by atoms with van der Waals surface area (Å²) < 4.78 is 11.0. The summed E-state index contributed by atoms with van der Waals surface area (Å²) in [5.74, 6) is 0.416. The van der Waals surface area contributed by atoms with Gasteiger partial charge in [0.05, 0.1) is 18.6 Å². The Labute approximate surface area is 158 Å². The monoisotopic (exact) mass is 377 g/mol. The molecule has 0 saturated heterocycles. The number of amides is 1. The lowest BCUT2D eigenvalue weighted by atomic mass is 10.2. The first kappa shape index (κ1) is 17.4. The van der Waals surface area contributed by atoms with E-state index in [4.69, 9.17) is 9.15 Å². The molecule has 0 saturated carbocycles. The number of fused-ring (bicyclic) bond motifs is 1. The number of H-pyrrole nitrogens is 1. The van der Waals surface area contributed by atoms with Crippen LogP contribution in [0.2, 0.25) is 0 Å². The maximum Gasteiger partial charge on any atom is 0.273 e. The van der Waals surface area contributed by atoms with Gasteiger partial charge in [0, 0.05) is 17.6 Å². The van der Waals surface area contributed by atoms with Gasteiger partial charge in [0.2, 0.25) is 5.89 Å². The lowest BCUT2D eigenvalue weighted by Gasteiger charge is -2.06. The number of nitrogens with one attached hydrogen (secondary N) is 2. The molecule has 140 valence electrons. The third kappa shape index (κ3) is 3.88. The number of hydrogen-bond donors (Lipinski definition) is 2. The predicted octanol–water partition coefficient (Wildman–Crippen LogP) is 1.82. The zero-order valence-electron chi connectivity index (χ0n) is 14.6. The van der Waals surface area contributed by atoms with Gasteiger partial charge >= 0.3 is 0 Å². The van der Waals surface area contributed by atoms with E-state index in [0.29, 0.717) is 11.4 Å². The van der Waals surface area contributed by atoms with Gasteiger partial charge < -0.3 is 19.5 Å². The van der Waals surface area contributed by atoms with Gasteiger partial charge in [-0.05, 0) is 12.1 Å². The fraction of sp³-hybridized carbons (Fsp3) is 0.105. The summed E-state index contributed by atoms with van der Waals surface area (Å²) in [6.07, 6.45) is 4.22. The van der Waals surface area contributed by atoms with Crippen molar-refractivity contribution in [1.29, 1.82) is 0 Å². The summed E-state index contributed by atoms with van der Waals surface area (Å²) in [5, 5.41) is 3.59. The van der Waals surface area contributed by atoms with Gasteiger partial charge in [-0.1, -0.05) is 18.2 Å². The van der Waals surface area contributed by atoms with Gasteiger partial charge in [-0.3, -0.25) is 14.6 Å². The summed E-state index contributed by atoms with van der Waals surface area (Å²) in [7, 11) is 0. The summed E-state index contributed by atoms with van der Waals surface area (Å²) in [6.45, 7) is 0.154. The zero-order chi connectivity index (χ0) is 19.3. The zero-order valence-corrected chi connectivity index (χ0v) is 14.6. The Bertz CT molecular complexity index is 1180. The van der Waals surface area contributed by atoms with Gasteiger partial charge in [-0.2, -0.15) is 0 Å². The van der Waals surface area contributed by atoms with Crippen molar-refractivity contribution in [3.63, 3.8) is 0 Å². The van der Waals surface area contributed by atoms with Crippen LogP contribution in [0.4, 0.5) is 0 Å². The van der Waals surface area contributed by atoms with Crippen LogP contribution in [0.15, 0.2) is 64.4 Å². The second-order valence-electron chi connectivity index (χ2n) is 5.83. The van der Waals surface area contributed by atoms with Gasteiger partial charge in [-0.15, -0.1) is 0 Å². The van der Waals surface area contributed by atoms with E-state index in [1.165, 1.54) is 18.7 Å². The number of rotatable bonds is 6. The van der Waals surface area contributed by atoms with Crippen LogP contribution in [0.1, 0.15) is 22.1 Å². The van der Waals surface area contributed by atoms with Crippen LogP contribution in [0.5, 0.6) is 5.75 Å². The lowest BCUT2D eigenvalue weighted by Crippen LogP contribution is -2.24. The van der Waals surface area contributed by atoms with Gasteiger partial charge in [0.1, 0.15) is 17.5 Å². The normalized spacial score (nSPS) is 10.7. The molecular formula is C19H15N5O4. The summed E-state index contributed by atoms with van der Waals surface area (Å²) >= 11 is 0. The van der Waals surface area contributed by atoms with Crippen LogP contribution in [0.25, 0.3) is 10.9 Å². The molecule has 0 aliphatic carbocycles. The molecule has 0 spiro atoms. The quantitative estimate of drug-likeness (QED) is 0.525. The summed E-state index contributed by atoms with van der Waals surface area (Å²) in [6, 6.07) is 10.7. The van der Waals surface area contributed by atoms with Crippen LogP contribution in [-0.4, -0.2) is 25.8 Å². The highest BCUT2D eigenvalue weighted by Gasteiger charge is 2.13. The number of benzene rings is 1. The average Bonchev–Trinajstić information content (AvgIpc) is 3.20. The molecular weight excluding hydrogens is 362 g/mol. The maximum absolute atomic E-state index is 12.2. The Kier molecular flexibility index (Phi) is 4.79. The molecule has 4 rings (SSSR count). The molecule has 3 heterocycles. The lowest BCUT2D eigenvalue weighted by molar-refractivity contribution is 0.0945. The molecule has 0 fully saturated rings. The van der Waals surface area contributed by atoms with E-state index >= 15 is 0 Å². The van der Waals surface area contributed by atoms with Gasteiger partial charge in [-0.25, -0.2) is 9.97 Å². The van der Waals surface area contributed by atoms with Crippen LogP contribution in [0, 0.1) is 0 Å². The Morgan fingerprint density at radius 3 is 3.00 bits per heavy atom. The van der Waals surface area contributed by atoms with Crippen molar-refractivity contribution in [3.05, 3.63) is 82.8 Å². The number of pyridine rings is 1. The average molecular weight is 377 g/mol. The topological polar surface area (TPSA) is 123 Å². The Morgan fingerprint density at radius 2 is 2.11 bits per heavy atom. The van der Waals surface area contributed by atoms with Gasteiger partial charge in [0.15, 0.2) is 12.3 Å². The highest BCUT2D eigenvalue weighted by atomic mass is 16.5. The third-order valence-corrected chi connectivity index (χ3v) is 3.90. The minimum absolute atomic E-state index is 0.0542. The highest BCUT2D eigenvalue weighted by Crippen LogP contribution is 2.23. The fourth-order valence-corrected chi connectivity index (χ4v) is 2.58. The van der Waals surface area contributed by atoms with E-state index in [1.54, 1.807) is 12.3 Å². The first-order valence-corrected chi connectivity index (χ1v) is 8.42. The molecule has 4 aromatic rings. The number of nitrogens with zero attached hydrogens (tertiary/aromatic N) is 3. The molecule has 0 aliphatic heterocycles. The van der Waals surface area contributed by atoms with E-state index in [1.807, 2.05) is 24.3 Å². The van der Waals surface area contributed by atoms with Crippen molar-refractivity contribution in [3.8, 4) is 5.75 Å². The molecule has 0 unspecified atom stereocenters. The minimum Gasteiger partial charge on any atom is -0.482 e. The van der Waals surface area contributed by atoms with Gasteiger partial charge in [0.25, 0.3) is 11.5 Å². The maximum atomic E-state index is 12.2. The predicted molar refractivity (Wildman–Crippen MR) is 98.6 cm³/mol. The molecule has 3 aromatic heterocycles. The smallest absolute Gasteiger partial charge is 0.273 e. The van der Waals surface area contributed by atoms with E-state index in [0.717, 1.165) is 10.9 Å². The van der Waals surface area contributed by atoms with E-state index in [2.05, 4.69) is 25.3 Å². The molecule has 28 heavy (non-hydrogen) atoms. The van der Waals surface area contributed by atoms with Crippen molar-refractivity contribution < 1.29 is 13.9 Å². The number of carbonyl (C=O) groups is 1. The standard InChI is InChI=1S/C19H15N5O4/c25-16-7-13(22-11-23-16)8-21-19(26)14-9-28-17(24-14)10-27-15-5-1-3-12-4-2-6-20-18(12)15/h1-7,9,11H,8,10H2,(H,21,26)(H,22,23,25). The van der Waals surface area contributed by atoms with Crippen molar-refractivity contribution in [2.45, 2.75) is 13.2 Å². The van der Waals surface area contributed by atoms with Crippen LogP contribution in [-0.2, 0) is 13.2 Å². The third-order valence-electron chi connectivity index (χ3n) is 3.90. The molecule has 1 amide bonds. The molecule has 1 aromatic carbocycles. The first-order chi connectivity index (χ1) is 13.7. The first-order valence-electron chi connectivity index (χ1n) is 8.42. The second-order valence-corrected chi connectivity index (χ2v) is 5.83. The van der Waals surface area contributed by atoms with E-state index in [-0.39, 0.29) is 30.3 Å². The summed E-state index contributed by atoms with van der Waals surface area (Å²) in [4.78, 5) is 38.2. The summed E-state index contributed by atoms with van der Waals surface area (Å²) in [5.41, 5.74) is 0.995. The van der Waals surface area contributed by atoms with E-state index < -0.39 is 5.91 Å². The van der Waals surface area contributed by atoms with Crippen molar-refractivity contribution >= 4 is 16.8 Å². The van der Waals surface area contributed by atoms with Crippen LogP contribution in [0.3, 0.4) is 0 Å². The SMILES string of the molecule is O=C(NCc1cc(=O)[nH]cn1)c1coc(COc2cccc3cccnc23)n1. The number of ether oxygens (including phenoxy) is 1. The number of oxazole rings is 1.